The van der Waals surface area contributed by atoms with Crippen LogP contribution < -0.4 is 5.32 Å². The van der Waals surface area contributed by atoms with Crippen molar-refractivity contribution in [2.75, 3.05) is 11.1 Å². The topological polar surface area (TPSA) is 133 Å². The fraction of sp³-hybridized carbons (Fsp3) is 0.370. The van der Waals surface area contributed by atoms with Crippen LogP contribution in [0, 0.1) is 17.6 Å². The molecule has 4 aromatic rings. The maximum atomic E-state index is 14.9. The molecule has 0 radical (unpaired) electrons. The average molecular weight is 571 g/mol. The number of benzene rings is 1. The number of sulfone groups is 1. The van der Waals surface area contributed by atoms with Gasteiger partial charge in [-0.1, -0.05) is 37.2 Å². The molecule has 13 heteroatoms. The largest absolute Gasteiger partial charge is 0.364 e. The highest BCUT2D eigenvalue weighted by atomic mass is 32.2. The van der Waals surface area contributed by atoms with E-state index in [0.717, 1.165) is 6.20 Å². The number of carbonyl (C=O) groups excluding carboxylic acids is 1. The van der Waals surface area contributed by atoms with Crippen molar-refractivity contribution in [3.63, 3.8) is 0 Å². The van der Waals surface area contributed by atoms with Gasteiger partial charge in [-0.05, 0) is 37.3 Å². The fourth-order valence-corrected chi connectivity index (χ4v) is 6.02. The number of hydrogen-bond acceptors (Lipinski definition) is 9. The van der Waals surface area contributed by atoms with E-state index in [9.17, 15) is 22.0 Å². The maximum Gasteiger partial charge on any atom is 0.183 e. The molecule has 0 aliphatic heterocycles. The van der Waals surface area contributed by atoms with Crippen LogP contribution in [0.1, 0.15) is 38.7 Å². The fourth-order valence-electron chi connectivity index (χ4n) is 4.33. The third-order valence-electron chi connectivity index (χ3n) is 6.51. The number of ketones is 1. The van der Waals surface area contributed by atoms with E-state index < -0.39 is 44.3 Å². The highest BCUT2D eigenvalue weighted by Gasteiger charge is 2.38. The van der Waals surface area contributed by atoms with E-state index in [0.29, 0.717) is 29.8 Å². The second-order valence-corrected chi connectivity index (χ2v) is 12.5. The summed E-state index contributed by atoms with van der Waals surface area (Å²) in [6, 6.07) is 8.56. The number of nitrogens with zero attached hydrogens (tertiary/aromatic N) is 5. The molecular weight excluding hydrogens is 542 g/mol. The van der Waals surface area contributed by atoms with Crippen LogP contribution >= 0.6 is 0 Å². The molecule has 1 aliphatic carbocycles. The molecule has 1 aromatic carbocycles. The first-order valence-electron chi connectivity index (χ1n) is 12.9. The van der Waals surface area contributed by atoms with Crippen LogP contribution in [0.5, 0.6) is 0 Å². The van der Waals surface area contributed by atoms with Gasteiger partial charge in [0.25, 0.3) is 0 Å². The quantitative estimate of drug-likeness (QED) is 0.265. The third kappa shape index (κ3) is 6.24. The highest BCUT2D eigenvalue weighted by Crippen LogP contribution is 2.30. The Bertz CT molecular complexity index is 1620. The lowest BCUT2D eigenvalue weighted by Crippen LogP contribution is -2.37. The van der Waals surface area contributed by atoms with Crippen molar-refractivity contribution in [2.24, 2.45) is 5.92 Å². The zero-order chi connectivity index (χ0) is 28.4. The van der Waals surface area contributed by atoms with Crippen molar-refractivity contribution in [3.8, 4) is 22.9 Å². The molecule has 10 nitrogen and oxygen atoms in total. The molecule has 3 aromatic heterocycles. The van der Waals surface area contributed by atoms with Crippen LogP contribution in [0.15, 0.2) is 53.4 Å². The van der Waals surface area contributed by atoms with Crippen molar-refractivity contribution in [2.45, 2.75) is 50.9 Å². The zero-order valence-electron chi connectivity index (χ0n) is 21.9. The Morgan fingerprint density at radius 1 is 1.15 bits per heavy atom. The van der Waals surface area contributed by atoms with Gasteiger partial charge in [0.05, 0.1) is 29.7 Å². The van der Waals surface area contributed by atoms with Gasteiger partial charge in [0.1, 0.15) is 29.2 Å². The SMILES string of the molecule is CC(C)C[C@@H](Nc1nc(-c2cc(-c3ccon3)n(Cc3ccccc3F)n2)ncc1F)C(=O)CS(=O)(=O)C1CC1. The summed E-state index contributed by atoms with van der Waals surface area (Å²) in [6.45, 7) is 3.83. The predicted molar refractivity (Wildman–Crippen MR) is 143 cm³/mol. The number of halogens is 2. The van der Waals surface area contributed by atoms with Gasteiger partial charge in [-0.2, -0.15) is 5.10 Å². The Balaban J connectivity index is 1.45. The van der Waals surface area contributed by atoms with Gasteiger partial charge < -0.3 is 9.84 Å². The molecule has 40 heavy (non-hydrogen) atoms. The Labute approximate surface area is 229 Å². The molecule has 1 saturated carbocycles. The number of rotatable bonds is 12. The molecule has 0 unspecified atom stereocenters. The second-order valence-electron chi connectivity index (χ2n) is 10.2. The number of anilines is 1. The van der Waals surface area contributed by atoms with Gasteiger partial charge in [-0.25, -0.2) is 27.2 Å². The number of Topliss-reactive ketones (excluding diaryl/α,β-unsaturated/α-hetero) is 1. The molecule has 0 amide bonds. The van der Waals surface area contributed by atoms with Gasteiger partial charge in [0.2, 0.25) is 0 Å². The monoisotopic (exact) mass is 570 g/mol. The van der Waals surface area contributed by atoms with E-state index >= 15 is 0 Å². The third-order valence-corrected chi connectivity index (χ3v) is 8.69. The van der Waals surface area contributed by atoms with Gasteiger partial charge in [-0.15, -0.1) is 0 Å². The summed E-state index contributed by atoms with van der Waals surface area (Å²) in [6.07, 6.45) is 3.74. The highest BCUT2D eigenvalue weighted by molar-refractivity contribution is 7.93. The van der Waals surface area contributed by atoms with Crippen molar-refractivity contribution in [1.29, 1.82) is 0 Å². The molecule has 1 atom stereocenters. The summed E-state index contributed by atoms with van der Waals surface area (Å²) < 4.78 is 60.6. The summed E-state index contributed by atoms with van der Waals surface area (Å²) >= 11 is 0. The molecule has 5 rings (SSSR count). The standard InChI is InChI=1S/C27H28F2N6O4S/c1-16(2)11-22(25(36)15-40(37,38)18-7-8-18)31-26-20(29)13-30-27(32-26)23-12-24(21-9-10-39-34-21)35(33-23)14-17-5-3-4-6-19(17)28/h3-6,9-10,12-13,16,18,22H,7-8,11,14-15H2,1-2H3,(H,30,31,32)/t22-/m1/s1. The van der Waals surface area contributed by atoms with Crippen LogP contribution in [-0.4, -0.2) is 56.2 Å². The van der Waals surface area contributed by atoms with E-state index in [-0.39, 0.29) is 36.2 Å². The van der Waals surface area contributed by atoms with Gasteiger partial charge in [0.15, 0.2) is 33.1 Å². The van der Waals surface area contributed by atoms with Crippen LogP contribution in [0.3, 0.4) is 0 Å². The van der Waals surface area contributed by atoms with Crippen LogP contribution in [0.25, 0.3) is 22.9 Å². The first-order valence-corrected chi connectivity index (χ1v) is 14.6. The maximum absolute atomic E-state index is 14.9. The lowest BCUT2D eigenvalue weighted by Gasteiger charge is -2.20. The smallest absolute Gasteiger partial charge is 0.183 e. The minimum Gasteiger partial charge on any atom is -0.364 e. The summed E-state index contributed by atoms with van der Waals surface area (Å²) in [5.74, 6) is -2.54. The lowest BCUT2D eigenvalue weighted by molar-refractivity contribution is -0.117. The molecule has 0 spiro atoms. The number of aromatic nitrogens is 5. The van der Waals surface area contributed by atoms with Gasteiger partial charge in [-0.3, -0.25) is 9.48 Å². The molecule has 0 saturated heterocycles. The van der Waals surface area contributed by atoms with Crippen LogP contribution in [0.4, 0.5) is 14.6 Å². The molecule has 210 valence electrons. The summed E-state index contributed by atoms with van der Waals surface area (Å²) in [4.78, 5) is 21.4. The van der Waals surface area contributed by atoms with E-state index in [1.165, 1.54) is 17.0 Å². The molecule has 0 bridgehead atoms. The van der Waals surface area contributed by atoms with E-state index in [1.807, 2.05) is 13.8 Å². The predicted octanol–water partition coefficient (Wildman–Crippen LogP) is 4.29. The van der Waals surface area contributed by atoms with E-state index in [4.69, 9.17) is 4.52 Å². The number of hydrogen-bond donors (Lipinski definition) is 1. The lowest BCUT2D eigenvalue weighted by atomic mass is 10.0. The van der Waals surface area contributed by atoms with E-state index in [2.05, 4.69) is 25.5 Å². The van der Waals surface area contributed by atoms with Gasteiger partial charge >= 0.3 is 0 Å². The Hall–Kier alpha value is -4.00. The molecule has 1 N–H and O–H groups in total. The normalized spacial score (nSPS) is 14.4. The number of nitrogens with one attached hydrogen (secondary N) is 1. The summed E-state index contributed by atoms with van der Waals surface area (Å²) in [5, 5.41) is 10.8. The molecule has 1 fully saturated rings. The van der Waals surface area contributed by atoms with Crippen LogP contribution in [0.2, 0.25) is 0 Å². The van der Waals surface area contributed by atoms with E-state index in [1.54, 1.807) is 30.3 Å². The van der Waals surface area contributed by atoms with Crippen molar-refractivity contribution >= 4 is 21.4 Å². The second kappa shape index (κ2) is 11.2. The Morgan fingerprint density at radius 3 is 2.60 bits per heavy atom. The van der Waals surface area contributed by atoms with Crippen molar-refractivity contribution in [1.82, 2.24) is 24.9 Å². The van der Waals surface area contributed by atoms with Crippen molar-refractivity contribution in [3.05, 3.63) is 66.1 Å². The Kier molecular flexibility index (Phi) is 7.74. The molecular formula is C27H28F2N6O4S. The summed E-state index contributed by atoms with van der Waals surface area (Å²) in [7, 11) is -3.54. The molecule has 3 heterocycles. The minimum atomic E-state index is -3.54. The molecule has 1 aliphatic rings. The summed E-state index contributed by atoms with van der Waals surface area (Å²) in [5.41, 5.74) is 1.57. The van der Waals surface area contributed by atoms with Crippen LogP contribution in [-0.2, 0) is 21.2 Å². The first kappa shape index (κ1) is 27.6. The van der Waals surface area contributed by atoms with Crippen molar-refractivity contribution < 1.29 is 26.5 Å². The number of carbonyl (C=O) groups is 1. The van der Waals surface area contributed by atoms with Gasteiger partial charge in [0, 0.05) is 11.6 Å². The average Bonchev–Trinajstić information content (AvgIpc) is 3.49. The zero-order valence-corrected chi connectivity index (χ0v) is 22.7. The Morgan fingerprint density at radius 2 is 1.93 bits per heavy atom. The minimum absolute atomic E-state index is 0.0218. The first-order chi connectivity index (χ1) is 19.1.